The Kier molecular flexibility index (Phi) is 4.28. The van der Waals surface area contributed by atoms with E-state index in [2.05, 4.69) is 21.8 Å². The van der Waals surface area contributed by atoms with Gasteiger partial charge in [0.2, 0.25) is 5.60 Å². The topological polar surface area (TPSA) is 114 Å². The smallest absolute Gasteiger partial charge is 0.268 e. The van der Waals surface area contributed by atoms with Gasteiger partial charge in [0.25, 0.3) is 11.8 Å². The number of primary amides is 1. The maximum Gasteiger partial charge on any atom is 0.268 e. The second kappa shape index (κ2) is 6.68. The van der Waals surface area contributed by atoms with Crippen LogP contribution in [0.1, 0.15) is 22.5 Å². The number of benzene rings is 1. The van der Waals surface area contributed by atoms with Crippen molar-refractivity contribution in [1.29, 1.82) is 0 Å². The molecule has 3 aromatic rings. The molecular weight excluding hydrogens is 377 g/mol. The number of halogens is 1. The summed E-state index contributed by atoms with van der Waals surface area (Å²) in [6.07, 6.45) is 4.74. The Balaban J connectivity index is 1.81. The highest BCUT2D eigenvalue weighted by molar-refractivity contribution is 5.92. The number of rotatable bonds is 2. The molecule has 8 nitrogen and oxygen atoms in total. The zero-order valence-corrected chi connectivity index (χ0v) is 15.4. The molecule has 1 saturated heterocycles. The number of carbonyl (C=O) groups excluding carboxylic acids is 2. The van der Waals surface area contributed by atoms with Gasteiger partial charge in [-0.15, -0.1) is 0 Å². The fraction of sp³-hybridized carbons (Fsp3) is 0.200. The van der Waals surface area contributed by atoms with Crippen LogP contribution in [0.2, 0.25) is 0 Å². The zero-order valence-electron chi connectivity index (χ0n) is 15.4. The third kappa shape index (κ3) is 3.30. The molecule has 1 aliphatic rings. The molecule has 1 aromatic carbocycles. The molecule has 1 unspecified atom stereocenters. The van der Waals surface area contributed by atoms with E-state index in [4.69, 9.17) is 5.73 Å². The van der Waals surface area contributed by atoms with Crippen molar-refractivity contribution < 1.29 is 19.1 Å². The first-order valence-corrected chi connectivity index (χ1v) is 8.72. The number of aromatic nitrogens is 3. The largest absolute Gasteiger partial charge is 0.369 e. The van der Waals surface area contributed by atoms with Gasteiger partial charge in [0.15, 0.2) is 5.65 Å². The Morgan fingerprint density at radius 1 is 1.38 bits per heavy atom. The van der Waals surface area contributed by atoms with Crippen LogP contribution in [0.5, 0.6) is 0 Å². The van der Waals surface area contributed by atoms with Crippen LogP contribution < -0.4 is 5.73 Å². The standard InChI is InChI=1S/C20H16FN5O3/c1-25-6-4-20(29,19(25)28)3-2-12-8-13(10-14(21)9-12)16-18-23-5-7-26(18)11-15(24-16)17(22)27/h5,7-11,29H,4,6H2,1H3,(H2,22,27). The highest BCUT2D eigenvalue weighted by Crippen LogP contribution is 2.25. The van der Waals surface area contributed by atoms with Crippen LogP contribution in [0, 0.1) is 17.7 Å². The quantitative estimate of drug-likeness (QED) is 0.618. The summed E-state index contributed by atoms with van der Waals surface area (Å²) < 4.78 is 15.8. The van der Waals surface area contributed by atoms with Gasteiger partial charge in [-0.2, -0.15) is 0 Å². The van der Waals surface area contributed by atoms with Gasteiger partial charge in [-0.05, 0) is 18.2 Å². The van der Waals surface area contributed by atoms with E-state index in [1.54, 1.807) is 23.7 Å². The van der Waals surface area contributed by atoms with E-state index in [9.17, 15) is 19.1 Å². The second-order valence-electron chi connectivity index (χ2n) is 6.81. The average Bonchev–Trinajstić information content (AvgIpc) is 3.26. The number of nitrogens with zero attached hydrogens (tertiary/aromatic N) is 4. The van der Waals surface area contributed by atoms with Gasteiger partial charge in [0.05, 0.1) is 0 Å². The van der Waals surface area contributed by atoms with E-state index < -0.39 is 23.2 Å². The Hall–Kier alpha value is -3.77. The molecule has 0 saturated carbocycles. The lowest BCUT2D eigenvalue weighted by Crippen LogP contribution is -2.37. The molecule has 1 atom stereocenters. The predicted molar refractivity (Wildman–Crippen MR) is 101 cm³/mol. The van der Waals surface area contributed by atoms with E-state index in [-0.39, 0.29) is 23.4 Å². The molecule has 29 heavy (non-hydrogen) atoms. The number of hydrogen-bond acceptors (Lipinski definition) is 5. The summed E-state index contributed by atoms with van der Waals surface area (Å²) in [6, 6.07) is 3.96. The number of hydrogen-bond donors (Lipinski definition) is 2. The number of likely N-dealkylation sites (N-methyl/N-ethyl adjacent to an activating group) is 1. The summed E-state index contributed by atoms with van der Waals surface area (Å²) >= 11 is 0. The summed E-state index contributed by atoms with van der Waals surface area (Å²) in [5, 5.41) is 10.4. The van der Waals surface area contributed by atoms with Crippen LogP contribution in [0.3, 0.4) is 0 Å². The van der Waals surface area contributed by atoms with E-state index in [1.807, 2.05) is 0 Å². The van der Waals surface area contributed by atoms with Crippen molar-refractivity contribution in [2.45, 2.75) is 12.0 Å². The first-order chi connectivity index (χ1) is 13.8. The summed E-state index contributed by atoms with van der Waals surface area (Å²) in [4.78, 5) is 33.4. The van der Waals surface area contributed by atoms with Gasteiger partial charge in [0.1, 0.15) is 17.2 Å². The molecule has 4 rings (SSSR count). The minimum atomic E-state index is -1.79. The summed E-state index contributed by atoms with van der Waals surface area (Å²) in [5.74, 6) is 3.41. The molecule has 3 N–H and O–H groups in total. The summed E-state index contributed by atoms with van der Waals surface area (Å²) in [6.45, 7) is 0.389. The van der Waals surface area contributed by atoms with Gasteiger partial charge < -0.3 is 20.1 Å². The van der Waals surface area contributed by atoms with Crippen molar-refractivity contribution in [1.82, 2.24) is 19.3 Å². The normalized spacial score (nSPS) is 18.7. The van der Waals surface area contributed by atoms with Crippen molar-refractivity contribution in [2.24, 2.45) is 5.73 Å². The van der Waals surface area contributed by atoms with Crippen molar-refractivity contribution in [3.05, 3.63) is 53.9 Å². The predicted octanol–water partition coefficient (Wildman–Crippen LogP) is 0.579. The number of carbonyl (C=O) groups is 2. The van der Waals surface area contributed by atoms with E-state index in [0.717, 1.165) is 0 Å². The molecule has 146 valence electrons. The first-order valence-electron chi connectivity index (χ1n) is 8.72. The summed E-state index contributed by atoms with van der Waals surface area (Å²) in [5.41, 5.74) is 4.78. The molecule has 0 radical (unpaired) electrons. The molecule has 1 fully saturated rings. The molecule has 9 heteroatoms. The third-order valence-corrected chi connectivity index (χ3v) is 4.72. The van der Waals surface area contributed by atoms with Gasteiger partial charge >= 0.3 is 0 Å². The molecule has 3 heterocycles. The number of imidazole rings is 1. The molecule has 0 bridgehead atoms. The highest BCUT2D eigenvalue weighted by atomic mass is 19.1. The summed E-state index contributed by atoms with van der Waals surface area (Å²) in [7, 11) is 1.58. The van der Waals surface area contributed by atoms with Gasteiger partial charge in [-0.3, -0.25) is 9.59 Å². The van der Waals surface area contributed by atoms with E-state index in [0.29, 0.717) is 17.8 Å². The highest BCUT2D eigenvalue weighted by Gasteiger charge is 2.42. The Bertz CT molecular complexity index is 1230. The number of fused-ring (bicyclic) bond motifs is 1. The number of amides is 2. The lowest BCUT2D eigenvalue weighted by atomic mass is 10.0. The van der Waals surface area contributed by atoms with Crippen LogP contribution in [-0.2, 0) is 4.79 Å². The van der Waals surface area contributed by atoms with Crippen LogP contribution in [-0.4, -0.2) is 55.4 Å². The fourth-order valence-electron chi connectivity index (χ4n) is 3.19. The van der Waals surface area contributed by atoms with Gasteiger partial charge in [-0.1, -0.05) is 11.8 Å². The van der Waals surface area contributed by atoms with Crippen LogP contribution in [0.4, 0.5) is 4.39 Å². The van der Waals surface area contributed by atoms with Crippen molar-refractivity contribution in [3.63, 3.8) is 0 Å². The molecule has 0 aliphatic carbocycles. The van der Waals surface area contributed by atoms with Crippen molar-refractivity contribution in [3.8, 4) is 23.1 Å². The van der Waals surface area contributed by atoms with Crippen LogP contribution >= 0.6 is 0 Å². The third-order valence-electron chi connectivity index (χ3n) is 4.72. The fourth-order valence-corrected chi connectivity index (χ4v) is 3.19. The van der Waals surface area contributed by atoms with E-state index in [1.165, 1.54) is 29.4 Å². The van der Waals surface area contributed by atoms with Crippen molar-refractivity contribution in [2.75, 3.05) is 13.6 Å². The van der Waals surface area contributed by atoms with Crippen LogP contribution in [0.25, 0.3) is 16.9 Å². The number of aliphatic hydroxyl groups is 1. The average molecular weight is 393 g/mol. The molecule has 2 amide bonds. The minimum Gasteiger partial charge on any atom is -0.369 e. The van der Waals surface area contributed by atoms with Crippen molar-refractivity contribution >= 4 is 17.5 Å². The minimum absolute atomic E-state index is 0.00343. The maximum absolute atomic E-state index is 14.3. The second-order valence-corrected chi connectivity index (χ2v) is 6.81. The molecular formula is C20H16FN5O3. The molecule has 2 aromatic heterocycles. The maximum atomic E-state index is 14.3. The molecule has 1 aliphatic heterocycles. The zero-order chi connectivity index (χ0) is 20.8. The Labute approximate surface area is 164 Å². The molecule has 0 spiro atoms. The Morgan fingerprint density at radius 3 is 2.86 bits per heavy atom. The lowest BCUT2D eigenvalue weighted by Gasteiger charge is -2.13. The first kappa shape index (κ1) is 18.6. The monoisotopic (exact) mass is 393 g/mol. The van der Waals surface area contributed by atoms with Gasteiger partial charge in [-0.25, -0.2) is 14.4 Å². The van der Waals surface area contributed by atoms with Crippen LogP contribution in [0.15, 0.2) is 36.8 Å². The number of nitrogens with two attached hydrogens (primary N) is 1. The SMILES string of the molecule is CN1CCC(O)(C#Cc2cc(F)cc(-c3nc(C(N)=O)cn4ccnc34)c2)C1=O. The lowest BCUT2D eigenvalue weighted by molar-refractivity contribution is -0.137. The van der Waals surface area contributed by atoms with E-state index >= 15 is 0 Å². The Morgan fingerprint density at radius 2 is 2.17 bits per heavy atom. The number of likely N-dealkylation sites (tertiary alicyclic amines) is 1. The van der Waals surface area contributed by atoms with Gasteiger partial charge in [0, 0.05) is 49.7 Å².